The molecule has 0 saturated carbocycles. The van der Waals surface area contributed by atoms with E-state index in [0.717, 1.165) is 6.42 Å². The fourth-order valence-corrected chi connectivity index (χ4v) is 1.10. The molecule has 0 rings (SSSR count). The molecule has 2 atom stereocenters. The van der Waals surface area contributed by atoms with Crippen molar-refractivity contribution in [2.45, 2.75) is 32.7 Å². The van der Waals surface area contributed by atoms with E-state index in [0.29, 0.717) is 6.42 Å². The second-order valence-electron chi connectivity index (χ2n) is 3.29. The average molecular weight is 202 g/mol. The molecule has 0 aliphatic carbocycles. The minimum atomic E-state index is -1.04. The Morgan fingerprint density at radius 3 is 2.43 bits per heavy atom. The molecule has 5 nitrogen and oxygen atoms in total. The first kappa shape index (κ1) is 12.9. The predicted octanol–water partition coefficient (Wildman–Crippen LogP) is -0.0493. The van der Waals surface area contributed by atoms with Crippen LogP contribution in [0.3, 0.4) is 0 Å². The van der Waals surface area contributed by atoms with E-state index in [1.54, 1.807) is 0 Å². The van der Waals surface area contributed by atoms with Crippen LogP contribution in [0.5, 0.6) is 0 Å². The van der Waals surface area contributed by atoms with E-state index >= 15 is 0 Å². The first-order valence-electron chi connectivity index (χ1n) is 4.76. The Kier molecular flexibility index (Phi) is 5.87. The van der Waals surface area contributed by atoms with E-state index in [-0.39, 0.29) is 18.4 Å². The van der Waals surface area contributed by atoms with Crippen molar-refractivity contribution >= 4 is 11.9 Å². The highest BCUT2D eigenvalue weighted by atomic mass is 16.4. The molecule has 0 aliphatic heterocycles. The summed E-state index contributed by atoms with van der Waals surface area (Å²) in [7, 11) is 0. The van der Waals surface area contributed by atoms with Crippen LogP contribution in [-0.4, -0.2) is 29.6 Å². The summed E-state index contributed by atoms with van der Waals surface area (Å²) < 4.78 is 0. The lowest BCUT2D eigenvalue weighted by Gasteiger charge is -2.15. The maximum Gasteiger partial charge on any atom is 0.325 e. The topological polar surface area (TPSA) is 92.4 Å². The fraction of sp³-hybridized carbons (Fsp3) is 0.778. The van der Waals surface area contributed by atoms with Crippen LogP contribution in [0.4, 0.5) is 0 Å². The molecule has 0 saturated heterocycles. The monoisotopic (exact) mass is 202 g/mol. The molecule has 0 spiro atoms. The van der Waals surface area contributed by atoms with Crippen LogP contribution in [0.15, 0.2) is 0 Å². The Labute approximate surface area is 83.7 Å². The van der Waals surface area contributed by atoms with Crippen molar-refractivity contribution in [1.29, 1.82) is 0 Å². The molecule has 0 aliphatic rings. The SMILES string of the molecule is CCCC(CN)C(=O)N[C@@H](C)C(=O)O. The molecular formula is C9H18N2O3. The largest absolute Gasteiger partial charge is 0.480 e. The van der Waals surface area contributed by atoms with Gasteiger partial charge in [-0.25, -0.2) is 0 Å². The summed E-state index contributed by atoms with van der Waals surface area (Å²) >= 11 is 0. The van der Waals surface area contributed by atoms with E-state index in [2.05, 4.69) is 5.32 Å². The number of carboxylic acid groups (broad SMARTS) is 1. The van der Waals surface area contributed by atoms with Gasteiger partial charge in [-0.1, -0.05) is 13.3 Å². The van der Waals surface area contributed by atoms with Gasteiger partial charge in [-0.2, -0.15) is 0 Å². The Morgan fingerprint density at radius 2 is 2.07 bits per heavy atom. The molecule has 82 valence electrons. The number of hydrogen-bond donors (Lipinski definition) is 3. The molecule has 0 fully saturated rings. The van der Waals surface area contributed by atoms with Crippen LogP contribution in [0.1, 0.15) is 26.7 Å². The minimum absolute atomic E-state index is 0.256. The van der Waals surface area contributed by atoms with Gasteiger partial charge >= 0.3 is 5.97 Å². The van der Waals surface area contributed by atoms with E-state index in [9.17, 15) is 9.59 Å². The van der Waals surface area contributed by atoms with Crippen molar-refractivity contribution in [3.05, 3.63) is 0 Å². The van der Waals surface area contributed by atoms with Gasteiger partial charge in [0.15, 0.2) is 0 Å². The summed E-state index contributed by atoms with van der Waals surface area (Å²) in [6.07, 6.45) is 1.55. The van der Waals surface area contributed by atoms with Gasteiger partial charge in [0.05, 0.1) is 5.92 Å². The summed E-state index contributed by atoms with van der Waals surface area (Å²) in [6.45, 7) is 3.64. The molecule has 0 aromatic heterocycles. The fourth-order valence-electron chi connectivity index (χ4n) is 1.10. The van der Waals surface area contributed by atoms with Crippen molar-refractivity contribution < 1.29 is 14.7 Å². The van der Waals surface area contributed by atoms with Crippen LogP contribution in [-0.2, 0) is 9.59 Å². The maximum absolute atomic E-state index is 11.4. The highest BCUT2D eigenvalue weighted by molar-refractivity contribution is 5.84. The van der Waals surface area contributed by atoms with Crippen molar-refractivity contribution in [1.82, 2.24) is 5.32 Å². The van der Waals surface area contributed by atoms with Gasteiger partial charge in [0.1, 0.15) is 6.04 Å². The average Bonchev–Trinajstić information content (AvgIpc) is 2.13. The number of amides is 1. The van der Waals surface area contributed by atoms with Crippen LogP contribution in [0.25, 0.3) is 0 Å². The summed E-state index contributed by atoms with van der Waals surface area (Å²) in [5, 5.41) is 11.0. The number of carbonyl (C=O) groups is 2. The summed E-state index contributed by atoms with van der Waals surface area (Å²) in [5.74, 6) is -1.59. The van der Waals surface area contributed by atoms with Gasteiger partial charge in [0, 0.05) is 6.54 Å². The van der Waals surface area contributed by atoms with Crippen molar-refractivity contribution in [2.75, 3.05) is 6.54 Å². The van der Waals surface area contributed by atoms with E-state index in [1.807, 2.05) is 6.92 Å². The maximum atomic E-state index is 11.4. The molecule has 0 aromatic rings. The first-order valence-corrected chi connectivity index (χ1v) is 4.76. The zero-order valence-electron chi connectivity index (χ0n) is 8.62. The Hall–Kier alpha value is -1.10. The zero-order valence-corrected chi connectivity index (χ0v) is 8.62. The number of nitrogens with two attached hydrogens (primary N) is 1. The number of carbonyl (C=O) groups excluding carboxylic acids is 1. The highest BCUT2D eigenvalue weighted by Crippen LogP contribution is 2.04. The van der Waals surface area contributed by atoms with Crippen LogP contribution < -0.4 is 11.1 Å². The molecule has 1 unspecified atom stereocenters. The second kappa shape index (κ2) is 6.37. The third-order valence-corrected chi connectivity index (χ3v) is 2.02. The van der Waals surface area contributed by atoms with Crippen molar-refractivity contribution in [2.24, 2.45) is 11.7 Å². The van der Waals surface area contributed by atoms with Gasteiger partial charge in [0.2, 0.25) is 5.91 Å². The standard InChI is InChI=1S/C9H18N2O3/c1-3-4-7(5-10)8(12)11-6(2)9(13)14/h6-7H,3-5,10H2,1-2H3,(H,11,12)(H,13,14)/t6-,7?/m0/s1. The Bertz CT molecular complexity index is 206. The summed E-state index contributed by atoms with van der Waals surface area (Å²) in [4.78, 5) is 21.9. The van der Waals surface area contributed by atoms with Crippen LogP contribution in [0, 0.1) is 5.92 Å². The van der Waals surface area contributed by atoms with Gasteiger partial charge in [-0.3, -0.25) is 9.59 Å². The van der Waals surface area contributed by atoms with Crippen molar-refractivity contribution in [3.63, 3.8) is 0 Å². The van der Waals surface area contributed by atoms with Crippen LogP contribution in [0.2, 0.25) is 0 Å². The predicted molar refractivity (Wildman–Crippen MR) is 52.7 cm³/mol. The molecule has 0 bridgehead atoms. The molecule has 14 heavy (non-hydrogen) atoms. The molecule has 0 aromatic carbocycles. The molecule has 0 heterocycles. The quantitative estimate of drug-likeness (QED) is 0.563. The minimum Gasteiger partial charge on any atom is -0.480 e. The number of hydrogen-bond acceptors (Lipinski definition) is 3. The molecular weight excluding hydrogens is 184 g/mol. The lowest BCUT2D eigenvalue weighted by molar-refractivity contribution is -0.141. The van der Waals surface area contributed by atoms with Gasteiger partial charge in [0.25, 0.3) is 0 Å². The van der Waals surface area contributed by atoms with Gasteiger partial charge in [-0.15, -0.1) is 0 Å². The number of carboxylic acids is 1. The molecule has 1 amide bonds. The van der Waals surface area contributed by atoms with E-state index < -0.39 is 12.0 Å². The Morgan fingerprint density at radius 1 is 1.50 bits per heavy atom. The second-order valence-corrected chi connectivity index (χ2v) is 3.29. The zero-order chi connectivity index (χ0) is 11.1. The lowest BCUT2D eigenvalue weighted by Crippen LogP contribution is -2.43. The Balaban J connectivity index is 4.09. The van der Waals surface area contributed by atoms with E-state index in [1.165, 1.54) is 6.92 Å². The lowest BCUT2D eigenvalue weighted by atomic mass is 10.0. The number of aliphatic carboxylic acids is 1. The number of nitrogens with one attached hydrogen (secondary N) is 1. The van der Waals surface area contributed by atoms with E-state index in [4.69, 9.17) is 10.8 Å². The summed E-state index contributed by atoms with van der Waals surface area (Å²) in [5.41, 5.74) is 5.40. The summed E-state index contributed by atoms with van der Waals surface area (Å²) in [6, 6.07) is -0.853. The smallest absolute Gasteiger partial charge is 0.325 e. The normalized spacial score (nSPS) is 14.5. The van der Waals surface area contributed by atoms with Gasteiger partial charge < -0.3 is 16.2 Å². The van der Waals surface area contributed by atoms with Crippen molar-refractivity contribution in [3.8, 4) is 0 Å². The number of rotatable bonds is 6. The van der Waals surface area contributed by atoms with Crippen LogP contribution >= 0.6 is 0 Å². The van der Waals surface area contributed by atoms with Gasteiger partial charge in [-0.05, 0) is 13.3 Å². The molecule has 0 radical (unpaired) electrons. The highest BCUT2D eigenvalue weighted by Gasteiger charge is 2.20. The third-order valence-electron chi connectivity index (χ3n) is 2.02. The third kappa shape index (κ3) is 4.23. The molecule has 4 N–H and O–H groups in total. The first-order chi connectivity index (χ1) is 6.52. The molecule has 5 heteroatoms.